The molecule has 0 fully saturated rings. The molecule has 0 aromatic carbocycles. The van der Waals surface area contributed by atoms with Crippen molar-refractivity contribution in [3.63, 3.8) is 0 Å². The Labute approximate surface area is 155 Å². The van der Waals surface area contributed by atoms with E-state index in [2.05, 4.69) is 46.4 Å². The summed E-state index contributed by atoms with van der Waals surface area (Å²) in [5.74, 6) is 1.37. The zero-order chi connectivity index (χ0) is 18.6. The maximum atomic E-state index is 11.9. The van der Waals surface area contributed by atoms with Crippen LogP contribution < -0.4 is 10.6 Å². The zero-order valence-electron chi connectivity index (χ0n) is 14.7. The average Bonchev–Trinajstić information content (AvgIpc) is 3.22. The number of carbonyl (C=O) groups is 1. The van der Waals surface area contributed by atoms with E-state index >= 15 is 0 Å². The summed E-state index contributed by atoms with van der Waals surface area (Å²) in [5, 5.41) is 5.90. The van der Waals surface area contributed by atoms with Crippen LogP contribution in [0.4, 0.5) is 15.6 Å². The number of anilines is 2. The molecular weight excluding hydrogens is 350 g/mol. The predicted octanol–water partition coefficient (Wildman–Crippen LogP) is 4.64. The van der Waals surface area contributed by atoms with Crippen molar-refractivity contribution in [1.82, 2.24) is 15.0 Å². The maximum absolute atomic E-state index is 11.9. The Balaban J connectivity index is 1.59. The van der Waals surface area contributed by atoms with Crippen LogP contribution in [-0.4, -0.2) is 21.0 Å². The minimum atomic E-state index is -0.358. The third-order valence-electron chi connectivity index (χ3n) is 3.34. The number of thiazole rings is 1. The van der Waals surface area contributed by atoms with Gasteiger partial charge in [-0.3, -0.25) is 10.3 Å². The van der Waals surface area contributed by atoms with E-state index < -0.39 is 0 Å². The van der Waals surface area contributed by atoms with Gasteiger partial charge in [0, 0.05) is 40.6 Å². The number of urea groups is 1. The van der Waals surface area contributed by atoms with Crippen molar-refractivity contribution in [3.8, 4) is 0 Å². The van der Waals surface area contributed by atoms with E-state index in [9.17, 15) is 4.79 Å². The monoisotopic (exact) mass is 369 g/mol. The van der Waals surface area contributed by atoms with Gasteiger partial charge < -0.3 is 9.73 Å². The largest absolute Gasteiger partial charge is 0.441 e. The van der Waals surface area contributed by atoms with Crippen LogP contribution in [0.5, 0.6) is 0 Å². The molecule has 0 aliphatic heterocycles. The Hall–Kier alpha value is -3.00. The van der Waals surface area contributed by atoms with Gasteiger partial charge >= 0.3 is 6.03 Å². The molecule has 3 rings (SSSR count). The van der Waals surface area contributed by atoms with Crippen LogP contribution in [0.3, 0.4) is 0 Å². The predicted molar refractivity (Wildman–Crippen MR) is 103 cm³/mol. The van der Waals surface area contributed by atoms with E-state index in [0.29, 0.717) is 16.7 Å². The van der Waals surface area contributed by atoms with Crippen LogP contribution in [0.2, 0.25) is 0 Å². The molecule has 7 nitrogen and oxygen atoms in total. The number of amides is 2. The highest BCUT2D eigenvalue weighted by molar-refractivity contribution is 7.16. The van der Waals surface area contributed by atoms with Crippen molar-refractivity contribution in [1.29, 1.82) is 0 Å². The Morgan fingerprint density at radius 1 is 1.12 bits per heavy atom. The quantitative estimate of drug-likeness (QED) is 0.699. The van der Waals surface area contributed by atoms with E-state index in [1.54, 1.807) is 43.0 Å². The molecule has 3 heterocycles. The molecule has 2 N–H and O–H groups in total. The van der Waals surface area contributed by atoms with E-state index in [1.807, 2.05) is 6.08 Å². The number of pyridine rings is 1. The fourth-order valence-electron chi connectivity index (χ4n) is 1.98. The van der Waals surface area contributed by atoms with Crippen LogP contribution in [0.1, 0.15) is 37.3 Å². The lowest BCUT2D eigenvalue weighted by molar-refractivity contribution is 0.262. The van der Waals surface area contributed by atoms with Crippen molar-refractivity contribution >= 4 is 40.3 Å². The summed E-state index contributed by atoms with van der Waals surface area (Å²) in [6.07, 6.45) is 10.3. The summed E-state index contributed by atoms with van der Waals surface area (Å²) in [7, 11) is 0. The molecule has 0 unspecified atom stereocenters. The summed E-state index contributed by atoms with van der Waals surface area (Å²) in [5.41, 5.74) is 0.579. The molecule has 0 saturated carbocycles. The van der Waals surface area contributed by atoms with Gasteiger partial charge in [0.15, 0.2) is 5.13 Å². The molecule has 3 aromatic heterocycles. The Kier molecular flexibility index (Phi) is 5.13. The minimum Gasteiger partial charge on any atom is -0.441 e. The second-order valence-corrected chi connectivity index (χ2v) is 7.59. The molecule has 0 aliphatic carbocycles. The lowest BCUT2D eigenvalue weighted by Crippen LogP contribution is -2.19. The van der Waals surface area contributed by atoms with Gasteiger partial charge in [0.1, 0.15) is 5.76 Å². The zero-order valence-corrected chi connectivity index (χ0v) is 15.5. The van der Waals surface area contributed by atoms with Gasteiger partial charge in [-0.15, -0.1) is 0 Å². The topological polar surface area (TPSA) is 92.9 Å². The molecule has 0 aliphatic rings. The number of carbonyl (C=O) groups excluding carboxylic acids is 1. The third-order valence-corrected chi connectivity index (χ3v) is 4.21. The number of hydrogen-bond donors (Lipinski definition) is 2. The normalized spacial score (nSPS) is 11.7. The second-order valence-electron chi connectivity index (χ2n) is 6.53. The summed E-state index contributed by atoms with van der Waals surface area (Å²) >= 11 is 1.35. The molecule has 0 spiro atoms. The van der Waals surface area contributed by atoms with Gasteiger partial charge in [-0.2, -0.15) is 0 Å². The molecule has 134 valence electrons. The highest BCUT2D eigenvalue weighted by Crippen LogP contribution is 2.24. The lowest BCUT2D eigenvalue weighted by atomic mass is 9.94. The van der Waals surface area contributed by atoms with Gasteiger partial charge in [-0.1, -0.05) is 32.1 Å². The summed E-state index contributed by atoms with van der Waals surface area (Å²) in [6, 6.07) is 3.05. The highest BCUT2D eigenvalue weighted by Gasteiger charge is 2.18. The minimum absolute atomic E-state index is 0.0805. The second kappa shape index (κ2) is 7.49. The molecule has 0 bridgehead atoms. The molecule has 0 atom stereocenters. The lowest BCUT2D eigenvalue weighted by Gasteiger charge is -2.12. The average molecular weight is 369 g/mol. The van der Waals surface area contributed by atoms with E-state index in [4.69, 9.17) is 4.42 Å². The van der Waals surface area contributed by atoms with Gasteiger partial charge in [-0.25, -0.2) is 14.8 Å². The first-order chi connectivity index (χ1) is 12.4. The fraction of sp³-hybridized carbons (Fsp3) is 0.222. The molecule has 8 heteroatoms. The smallest absolute Gasteiger partial charge is 0.325 e. The van der Waals surface area contributed by atoms with Gasteiger partial charge in [-0.05, 0) is 18.2 Å². The fourth-order valence-corrected chi connectivity index (χ4v) is 2.69. The van der Waals surface area contributed by atoms with Crippen molar-refractivity contribution in [2.24, 2.45) is 0 Å². The van der Waals surface area contributed by atoms with Crippen molar-refractivity contribution in [3.05, 3.63) is 53.4 Å². The first-order valence-electron chi connectivity index (χ1n) is 7.98. The van der Waals surface area contributed by atoms with Crippen LogP contribution in [0.15, 0.2) is 41.3 Å². The third kappa shape index (κ3) is 4.76. The Bertz CT molecular complexity index is 909. The van der Waals surface area contributed by atoms with Gasteiger partial charge in [0.25, 0.3) is 0 Å². The van der Waals surface area contributed by atoms with Crippen LogP contribution in [-0.2, 0) is 5.41 Å². The summed E-state index contributed by atoms with van der Waals surface area (Å²) in [6.45, 7) is 6.21. The van der Waals surface area contributed by atoms with E-state index in [0.717, 1.165) is 10.6 Å². The van der Waals surface area contributed by atoms with E-state index in [1.165, 1.54) is 11.3 Å². The number of aromatic nitrogens is 3. The van der Waals surface area contributed by atoms with Crippen molar-refractivity contribution < 1.29 is 9.21 Å². The van der Waals surface area contributed by atoms with Gasteiger partial charge in [0.05, 0.1) is 6.20 Å². The molecular formula is C18H19N5O2S. The SMILES string of the molecule is CC(C)(C)c1cnc(/C=C/c2cnc(NC(=O)Nc3ccncc3)s2)o1. The summed E-state index contributed by atoms with van der Waals surface area (Å²) in [4.78, 5) is 25.2. The van der Waals surface area contributed by atoms with Crippen LogP contribution in [0, 0.1) is 0 Å². The first kappa shape index (κ1) is 17.8. The first-order valence-corrected chi connectivity index (χ1v) is 8.80. The molecule has 26 heavy (non-hydrogen) atoms. The molecule has 0 saturated heterocycles. The maximum Gasteiger partial charge on any atom is 0.325 e. The standard InChI is InChI=1S/C18H19N5O2S/c1-18(2,3)14-11-20-15(25-14)5-4-13-10-21-17(26-13)23-16(24)22-12-6-8-19-9-7-12/h4-11H,1-3H3,(H2,19,21,22,23,24)/b5-4+. The van der Waals surface area contributed by atoms with Crippen LogP contribution >= 0.6 is 11.3 Å². The molecule has 3 aromatic rings. The number of hydrogen-bond acceptors (Lipinski definition) is 6. The Morgan fingerprint density at radius 2 is 1.88 bits per heavy atom. The number of nitrogens with zero attached hydrogens (tertiary/aromatic N) is 3. The van der Waals surface area contributed by atoms with E-state index in [-0.39, 0.29) is 11.4 Å². The number of nitrogens with one attached hydrogen (secondary N) is 2. The summed E-state index contributed by atoms with van der Waals surface area (Å²) < 4.78 is 5.71. The highest BCUT2D eigenvalue weighted by atomic mass is 32.1. The number of rotatable bonds is 4. The van der Waals surface area contributed by atoms with Crippen LogP contribution in [0.25, 0.3) is 12.2 Å². The Morgan fingerprint density at radius 3 is 2.58 bits per heavy atom. The van der Waals surface area contributed by atoms with Crippen molar-refractivity contribution in [2.45, 2.75) is 26.2 Å². The molecule has 2 amide bonds. The van der Waals surface area contributed by atoms with Crippen molar-refractivity contribution in [2.75, 3.05) is 10.6 Å². The van der Waals surface area contributed by atoms with Gasteiger partial charge in [0.2, 0.25) is 5.89 Å². The molecule has 0 radical (unpaired) electrons. The number of oxazole rings is 1.